The number of para-hydroxylation sites is 1. The number of tetrazole rings is 1. The Morgan fingerprint density at radius 1 is 0.923 bits per heavy atom. The van der Waals surface area contributed by atoms with Crippen LogP contribution in [0.2, 0.25) is 0 Å². The van der Waals surface area contributed by atoms with Gasteiger partial charge >= 0.3 is 0 Å². The van der Waals surface area contributed by atoms with Crippen LogP contribution >= 0.6 is 0 Å². The summed E-state index contributed by atoms with van der Waals surface area (Å²) in [7, 11) is 0. The fourth-order valence-corrected chi connectivity index (χ4v) is 3.09. The average Bonchev–Trinajstić information content (AvgIpc) is 3.07. The van der Waals surface area contributed by atoms with Crippen LogP contribution in [0.15, 0.2) is 54.7 Å². The minimum Gasteiger partial charge on any atom is -0.338 e. The molecule has 2 aromatic heterocycles. The minimum atomic E-state index is -0.0323. The summed E-state index contributed by atoms with van der Waals surface area (Å²) in [5.74, 6) is 0.665. The second kappa shape index (κ2) is 7.30. The predicted octanol–water partition coefficient (Wildman–Crippen LogP) is 1.41. The fraction of sp³-hybridized carbons (Fsp3) is 0.278. The number of hydrogen-bond acceptors (Lipinski definition) is 6. The molecule has 0 radical (unpaired) electrons. The van der Waals surface area contributed by atoms with E-state index in [9.17, 15) is 4.79 Å². The molecule has 0 N–H and O–H groups in total. The van der Waals surface area contributed by atoms with Crippen LogP contribution in [0, 0.1) is 0 Å². The molecule has 1 amide bonds. The van der Waals surface area contributed by atoms with Gasteiger partial charge in [0.15, 0.2) is 0 Å². The van der Waals surface area contributed by atoms with E-state index in [-0.39, 0.29) is 5.91 Å². The summed E-state index contributed by atoms with van der Waals surface area (Å²) in [6.45, 7) is 2.76. The van der Waals surface area contributed by atoms with Crippen LogP contribution in [0.25, 0.3) is 5.69 Å². The van der Waals surface area contributed by atoms with Gasteiger partial charge in [-0.25, -0.2) is 0 Å². The molecule has 0 atom stereocenters. The van der Waals surface area contributed by atoms with Gasteiger partial charge < -0.3 is 9.80 Å². The number of pyridine rings is 1. The first-order valence-electron chi connectivity index (χ1n) is 8.62. The Hall–Kier alpha value is -3.29. The molecule has 1 aliphatic rings. The Labute approximate surface area is 151 Å². The van der Waals surface area contributed by atoms with Crippen molar-refractivity contribution in [1.82, 2.24) is 30.1 Å². The fourth-order valence-electron chi connectivity index (χ4n) is 3.09. The van der Waals surface area contributed by atoms with E-state index in [4.69, 9.17) is 0 Å². The number of anilines is 1. The Bertz CT molecular complexity index is 866. The largest absolute Gasteiger partial charge is 0.338 e. The van der Waals surface area contributed by atoms with Gasteiger partial charge in [0.1, 0.15) is 5.69 Å². The van der Waals surface area contributed by atoms with Gasteiger partial charge in [-0.2, -0.15) is 4.68 Å². The molecule has 8 heteroatoms. The van der Waals surface area contributed by atoms with E-state index in [1.54, 1.807) is 16.9 Å². The lowest BCUT2D eigenvalue weighted by Gasteiger charge is -2.22. The van der Waals surface area contributed by atoms with E-state index in [1.807, 2.05) is 47.4 Å². The van der Waals surface area contributed by atoms with E-state index >= 15 is 0 Å². The molecule has 0 saturated carbocycles. The van der Waals surface area contributed by atoms with Gasteiger partial charge in [-0.3, -0.25) is 9.78 Å². The molecule has 8 nitrogen and oxygen atoms in total. The van der Waals surface area contributed by atoms with Gasteiger partial charge in [0.2, 0.25) is 5.95 Å². The van der Waals surface area contributed by atoms with Gasteiger partial charge in [0, 0.05) is 32.4 Å². The zero-order valence-corrected chi connectivity index (χ0v) is 14.3. The predicted molar refractivity (Wildman–Crippen MR) is 96.1 cm³/mol. The number of benzene rings is 1. The molecule has 26 heavy (non-hydrogen) atoms. The third-order valence-electron chi connectivity index (χ3n) is 4.40. The van der Waals surface area contributed by atoms with Crippen molar-refractivity contribution < 1.29 is 4.79 Å². The van der Waals surface area contributed by atoms with Crippen LogP contribution in [-0.4, -0.2) is 62.2 Å². The first-order chi connectivity index (χ1) is 12.8. The van der Waals surface area contributed by atoms with Crippen molar-refractivity contribution in [2.24, 2.45) is 0 Å². The number of rotatable bonds is 3. The lowest BCUT2D eigenvalue weighted by molar-refractivity contribution is 0.0761. The Balaban J connectivity index is 1.50. The summed E-state index contributed by atoms with van der Waals surface area (Å²) in [5.41, 5.74) is 1.40. The summed E-state index contributed by atoms with van der Waals surface area (Å²) < 4.78 is 1.73. The van der Waals surface area contributed by atoms with Gasteiger partial charge in [-0.1, -0.05) is 29.4 Å². The molecular weight excluding hydrogens is 330 g/mol. The van der Waals surface area contributed by atoms with E-state index in [0.717, 1.165) is 18.7 Å². The molecule has 0 aliphatic carbocycles. The van der Waals surface area contributed by atoms with Crippen molar-refractivity contribution in [3.05, 3.63) is 60.4 Å². The molecule has 0 bridgehead atoms. The van der Waals surface area contributed by atoms with Crippen LogP contribution in [0.5, 0.6) is 0 Å². The molecule has 3 heterocycles. The SMILES string of the molecule is O=C(c1ccccn1)N1CCCN(c2nnnn2-c2ccccc2)CC1. The third kappa shape index (κ3) is 3.26. The number of aromatic nitrogens is 5. The van der Waals surface area contributed by atoms with Crippen molar-refractivity contribution in [1.29, 1.82) is 0 Å². The average molecular weight is 349 g/mol. The Morgan fingerprint density at radius 2 is 1.77 bits per heavy atom. The van der Waals surface area contributed by atoms with Gasteiger partial charge in [0.25, 0.3) is 5.91 Å². The molecule has 3 aromatic rings. The second-order valence-electron chi connectivity index (χ2n) is 6.07. The maximum Gasteiger partial charge on any atom is 0.272 e. The zero-order valence-electron chi connectivity index (χ0n) is 14.3. The molecule has 1 aromatic carbocycles. The van der Waals surface area contributed by atoms with Gasteiger partial charge in [0.05, 0.1) is 5.69 Å². The van der Waals surface area contributed by atoms with E-state index in [2.05, 4.69) is 25.4 Å². The molecule has 1 fully saturated rings. The number of nitrogens with zero attached hydrogens (tertiary/aromatic N) is 7. The maximum absolute atomic E-state index is 12.6. The Kier molecular flexibility index (Phi) is 4.55. The highest BCUT2D eigenvalue weighted by Crippen LogP contribution is 2.17. The van der Waals surface area contributed by atoms with Crippen molar-refractivity contribution >= 4 is 11.9 Å². The molecule has 4 rings (SSSR count). The number of amides is 1. The van der Waals surface area contributed by atoms with Gasteiger partial charge in [-0.05, 0) is 41.1 Å². The van der Waals surface area contributed by atoms with Crippen LogP contribution in [-0.2, 0) is 0 Å². The van der Waals surface area contributed by atoms with Crippen LogP contribution in [0.3, 0.4) is 0 Å². The molecule has 0 spiro atoms. The van der Waals surface area contributed by atoms with Gasteiger partial charge in [-0.15, -0.1) is 0 Å². The normalized spacial score (nSPS) is 14.9. The van der Waals surface area contributed by atoms with E-state index in [0.29, 0.717) is 31.3 Å². The van der Waals surface area contributed by atoms with Crippen LogP contribution in [0.1, 0.15) is 16.9 Å². The first kappa shape index (κ1) is 16.2. The summed E-state index contributed by atoms with van der Waals surface area (Å²) in [5, 5.41) is 12.2. The number of carbonyl (C=O) groups excluding carboxylic acids is 1. The third-order valence-corrected chi connectivity index (χ3v) is 4.40. The van der Waals surface area contributed by atoms with Crippen molar-refractivity contribution in [3.8, 4) is 5.69 Å². The first-order valence-corrected chi connectivity index (χ1v) is 8.62. The van der Waals surface area contributed by atoms with E-state index in [1.165, 1.54) is 0 Å². The van der Waals surface area contributed by atoms with E-state index < -0.39 is 0 Å². The molecule has 132 valence electrons. The Morgan fingerprint density at radius 3 is 2.58 bits per heavy atom. The highest BCUT2D eigenvalue weighted by atomic mass is 16.2. The lowest BCUT2D eigenvalue weighted by atomic mass is 10.3. The minimum absolute atomic E-state index is 0.0323. The summed E-state index contributed by atoms with van der Waals surface area (Å²) in [6, 6.07) is 15.2. The molecule has 1 aliphatic heterocycles. The monoisotopic (exact) mass is 349 g/mol. The van der Waals surface area contributed by atoms with Crippen molar-refractivity contribution in [2.75, 3.05) is 31.1 Å². The number of hydrogen-bond donors (Lipinski definition) is 0. The second-order valence-corrected chi connectivity index (χ2v) is 6.07. The smallest absolute Gasteiger partial charge is 0.272 e. The maximum atomic E-state index is 12.6. The number of carbonyl (C=O) groups is 1. The molecule has 0 unspecified atom stereocenters. The topological polar surface area (TPSA) is 80.0 Å². The summed E-state index contributed by atoms with van der Waals surface area (Å²) in [6.07, 6.45) is 2.49. The zero-order chi connectivity index (χ0) is 17.8. The summed E-state index contributed by atoms with van der Waals surface area (Å²) >= 11 is 0. The summed E-state index contributed by atoms with van der Waals surface area (Å²) in [4.78, 5) is 20.8. The highest BCUT2D eigenvalue weighted by Gasteiger charge is 2.24. The van der Waals surface area contributed by atoms with Crippen molar-refractivity contribution in [3.63, 3.8) is 0 Å². The highest BCUT2D eigenvalue weighted by molar-refractivity contribution is 5.92. The van der Waals surface area contributed by atoms with Crippen LogP contribution < -0.4 is 4.90 Å². The van der Waals surface area contributed by atoms with Crippen molar-refractivity contribution in [2.45, 2.75) is 6.42 Å². The quantitative estimate of drug-likeness (QED) is 0.711. The van der Waals surface area contributed by atoms with Crippen LogP contribution in [0.4, 0.5) is 5.95 Å². The standard InChI is InChI=1S/C18H19N7O/c26-17(16-9-4-5-10-19-16)23-11-6-12-24(14-13-23)18-20-21-22-25(18)15-7-2-1-3-8-15/h1-5,7-10H,6,11-14H2. The molecule has 1 saturated heterocycles. The molecular formula is C18H19N7O. The lowest BCUT2D eigenvalue weighted by Crippen LogP contribution is -2.36.